The van der Waals surface area contributed by atoms with E-state index in [0.29, 0.717) is 16.6 Å². The van der Waals surface area contributed by atoms with Crippen LogP contribution in [0.2, 0.25) is 0 Å². The Morgan fingerprint density at radius 3 is 2.88 bits per heavy atom. The van der Waals surface area contributed by atoms with Crippen molar-refractivity contribution in [3.8, 4) is 0 Å². The number of hydrogen-bond acceptors (Lipinski definition) is 4. The van der Waals surface area contributed by atoms with Crippen LogP contribution in [0.5, 0.6) is 0 Å². The Hall–Kier alpha value is -1.23. The number of amides is 1. The van der Waals surface area contributed by atoms with Gasteiger partial charge in [0.25, 0.3) is 5.91 Å². The SMILES string of the molecule is CCC1CC1Nc1cc(N)c(C(=O)N(C)C)s1. The molecule has 1 aliphatic rings. The largest absolute Gasteiger partial charge is 0.397 e. The molecule has 0 aliphatic heterocycles. The number of nitrogens with zero attached hydrogens (tertiary/aromatic N) is 1. The van der Waals surface area contributed by atoms with Crippen LogP contribution < -0.4 is 11.1 Å². The predicted molar refractivity (Wildman–Crippen MR) is 72.6 cm³/mol. The van der Waals surface area contributed by atoms with E-state index in [9.17, 15) is 4.79 Å². The summed E-state index contributed by atoms with van der Waals surface area (Å²) in [4.78, 5) is 14.0. The first-order valence-corrected chi connectivity index (χ1v) is 6.72. The Morgan fingerprint density at radius 2 is 2.35 bits per heavy atom. The van der Waals surface area contributed by atoms with Crippen molar-refractivity contribution >= 4 is 27.9 Å². The third-order valence-electron chi connectivity index (χ3n) is 3.14. The summed E-state index contributed by atoms with van der Waals surface area (Å²) in [6, 6.07) is 2.44. The van der Waals surface area contributed by atoms with Crippen molar-refractivity contribution in [3.63, 3.8) is 0 Å². The van der Waals surface area contributed by atoms with E-state index in [-0.39, 0.29) is 5.91 Å². The maximum Gasteiger partial charge on any atom is 0.265 e. The zero-order chi connectivity index (χ0) is 12.6. The molecule has 1 saturated carbocycles. The zero-order valence-electron chi connectivity index (χ0n) is 10.5. The van der Waals surface area contributed by atoms with Gasteiger partial charge in [0.15, 0.2) is 0 Å². The third-order valence-corrected chi connectivity index (χ3v) is 4.21. The molecule has 2 unspecified atom stereocenters. The fourth-order valence-corrected chi connectivity index (χ4v) is 2.97. The van der Waals surface area contributed by atoms with Crippen LogP contribution in [0.25, 0.3) is 0 Å². The third kappa shape index (κ3) is 2.54. The number of nitrogen functional groups attached to an aromatic ring is 1. The quantitative estimate of drug-likeness (QED) is 0.865. The van der Waals surface area contributed by atoms with Crippen molar-refractivity contribution in [2.45, 2.75) is 25.8 Å². The number of nitrogens with one attached hydrogen (secondary N) is 1. The molecular formula is C12H19N3OS. The van der Waals surface area contributed by atoms with Crippen LogP contribution in [0.3, 0.4) is 0 Å². The molecule has 94 valence electrons. The summed E-state index contributed by atoms with van der Waals surface area (Å²) in [6.45, 7) is 2.20. The molecule has 2 rings (SSSR count). The Bertz CT molecular complexity index is 427. The number of thiophene rings is 1. The summed E-state index contributed by atoms with van der Waals surface area (Å²) in [5.74, 6) is 0.759. The summed E-state index contributed by atoms with van der Waals surface area (Å²) in [5, 5.41) is 4.45. The standard InChI is InChI=1S/C12H19N3OS/c1-4-7-5-9(7)14-10-6-8(13)11(17-10)12(16)15(2)3/h6-7,9,14H,4-5,13H2,1-3H3. The van der Waals surface area contributed by atoms with Gasteiger partial charge in [-0.1, -0.05) is 13.3 Å². The molecular weight excluding hydrogens is 234 g/mol. The highest BCUT2D eigenvalue weighted by atomic mass is 32.1. The van der Waals surface area contributed by atoms with E-state index in [1.807, 2.05) is 6.07 Å². The molecule has 0 bridgehead atoms. The van der Waals surface area contributed by atoms with Crippen molar-refractivity contribution in [1.82, 2.24) is 4.90 Å². The van der Waals surface area contributed by atoms with Crippen molar-refractivity contribution in [1.29, 1.82) is 0 Å². The summed E-state index contributed by atoms with van der Waals surface area (Å²) in [5.41, 5.74) is 6.44. The van der Waals surface area contributed by atoms with E-state index >= 15 is 0 Å². The number of carbonyl (C=O) groups is 1. The van der Waals surface area contributed by atoms with Crippen molar-refractivity contribution in [2.75, 3.05) is 25.1 Å². The van der Waals surface area contributed by atoms with Crippen molar-refractivity contribution in [3.05, 3.63) is 10.9 Å². The molecule has 0 radical (unpaired) electrons. The van der Waals surface area contributed by atoms with Gasteiger partial charge in [-0.05, 0) is 18.4 Å². The second kappa shape index (κ2) is 4.56. The Balaban J connectivity index is 2.06. The Labute approximate surface area is 106 Å². The summed E-state index contributed by atoms with van der Waals surface area (Å²) in [6.07, 6.45) is 2.44. The molecule has 1 aromatic heterocycles. The van der Waals surface area contributed by atoms with Gasteiger partial charge >= 0.3 is 0 Å². The number of rotatable bonds is 4. The average molecular weight is 253 g/mol. The molecule has 1 heterocycles. The predicted octanol–water partition coefficient (Wildman–Crippen LogP) is 2.24. The number of carbonyl (C=O) groups excluding carboxylic acids is 1. The van der Waals surface area contributed by atoms with Gasteiger partial charge < -0.3 is 16.0 Å². The Kier molecular flexibility index (Phi) is 3.28. The van der Waals surface area contributed by atoms with Gasteiger partial charge in [-0.25, -0.2) is 0 Å². The van der Waals surface area contributed by atoms with Crippen LogP contribution in [-0.4, -0.2) is 30.9 Å². The van der Waals surface area contributed by atoms with Gasteiger partial charge in [-0.2, -0.15) is 0 Å². The second-order valence-corrected chi connectivity index (χ2v) is 5.80. The van der Waals surface area contributed by atoms with E-state index in [1.165, 1.54) is 24.2 Å². The molecule has 5 heteroatoms. The highest BCUT2D eigenvalue weighted by Crippen LogP contribution is 2.39. The fraction of sp³-hybridized carbons (Fsp3) is 0.583. The van der Waals surface area contributed by atoms with Crippen LogP contribution in [0.15, 0.2) is 6.07 Å². The zero-order valence-corrected chi connectivity index (χ0v) is 11.3. The summed E-state index contributed by atoms with van der Waals surface area (Å²) in [7, 11) is 3.48. The highest BCUT2D eigenvalue weighted by Gasteiger charge is 2.35. The van der Waals surface area contributed by atoms with Gasteiger partial charge in [0.1, 0.15) is 4.88 Å². The number of nitrogens with two attached hydrogens (primary N) is 1. The van der Waals surface area contributed by atoms with E-state index in [0.717, 1.165) is 10.9 Å². The topological polar surface area (TPSA) is 58.4 Å². The molecule has 4 nitrogen and oxygen atoms in total. The van der Waals surface area contributed by atoms with E-state index in [4.69, 9.17) is 5.73 Å². The van der Waals surface area contributed by atoms with E-state index in [2.05, 4.69) is 12.2 Å². The van der Waals surface area contributed by atoms with Gasteiger partial charge in [-0.15, -0.1) is 11.3 Å². The van der Waals surface area contributed by atoms with Gasteiger partial charge in [0.2, 0.25) is 0 Å². The van der Waals surface area contributed by atoms with Crippen LogP contribution in [-0.2, 0) is 0 Å². The minimum absolute atomic E-state index is 0.0246. The number of anilines is 2. The van der Waals surface area contributed by atoms with Crippen molar-refractivity contribution < 1.29 is 4.79 Å². The lowest BCUT2D eigenvalue weighted by Gasteiger charge is -2.08. The normalized spacial score (nSPS) is 22.3. The molecule has 0 saturated heterocycles. The minimum Gasteiger partial charge on any atom is -0.397 e. The van der Waals surface area contributed by atoms with Crippen molar-refractivity contribution in [2.24, 2.45) is 5.92 Å². The molecule has 0 spiro atoms. The lowest BCUT2D eigenvalue weighted by molar-refractivity contribution is 0.0833. The van der Waals surface area contributed by atoms with Crippen LogP contribution in [0.1, 0.15) is 29.4 Å². The Morgan fingerprint density at radius 1 is 1.65 bits per heavy atom. The van der Waals surface area contributed by atoms with Gasteiger partial charge in [0.05, 0.1) is 10.7 Å². The highest BCUT2D eigenvalue weighted by molar-refractivity contribution is 7.18. The minimum atomic E-state index is -0.0246. The molecule has 1 fully saturated rings. The molecule has 1 aliphatic carbocycles. The summed E-state index contributed by atoms with van der Waals surface area (Å²) >= 11 is 1.45. The molecule has 0 aromatic carbocycles. The molecule has 1 aromatic rings. The first kappa shape index (κ1) is 12.2. The van der Waals surface area contributed by atoms with Gasteiger partial charge in [0, 0.05) is 20.1 Å². The average Bonchev–Trinajstić information content (AvgIpc) is 2.92. The lowest BCUT2D eigenvalue weighted by atomic mass is 10.3. The molecule has 1 amide bonds. The van der Waals surface area contributed by atoms with Crippen LogP contribution >= 0.6 is 11.3 Å². The smallest absolute Gasteiger partial charge is 0.265 e. The number of hydrogen-bond donors (Lipinski definition) is 2. The van der Waals surface area contributed by atoms with Crippen LogP contribution in [0.4, 0.5) is 10.7 Å². The van der Waals surface area contributed by atoms with E-state index in [1.54, 1.807) is 19.0 Å². The first-order valence-electron chi connectivity index (χ1n) is 5.90. The molecule has 2 atom stereocenters. The monoisotopic (exact) mass is 253 g/mol. The van der Waals surface area contributed by atoms with Crippen LogP contribution in [0, 0.1) is 5.92 Å². The second-order valence-electron chi connectivity index (χ2n) is 4.75. The molecule has 17 heavy (non-hydrogen) atoms. The lowest BCUT2D eigenvalue weighted by Crippen LogP contribution is -2.21. The maximum atomic E-state index is 11.8. The van der Waals surface area contributed by atoms with Gasteiger partial charge in [-0.3, -0.25) is 4.79 Å². The fourth-order valence-electron chi connectivity index (χ4n) is 1.90. The summed E-state index contributed by atoms with van der Waals surface area (Å²) < 4.78 is 0. The molecule has 3 N–H and O–H groups in total. The first-order chi connectivity index (χ1) is 8.02. The maximum absolute atomic E-state index is 11.8. The van der Waals surface area contributed by atoms with E-state index < -0.39 is 0 Å².